The van der Waals surface area contributed by atoms with Crippen LogP contribution in [0.4, 0.5) is 5.69 Å². The molecule has 0 aromatic heterocycles. The van der Waals surface area contributed by atoms with Crippen molar-refractivity contribution >= 4 is 12.4 Å². The summed E-state index contributed by atoms with van der Waals surface area (Å²) in [5, 5.41) is 0. The lowest BCUT2D eigenvalue weighted by Gasteiger charge is -2.26. The summed E-state index contributed by atoms with van der Waals surface area (Å²) in [4.78, 5) is 6.37. The largest absolute Gasteiger partial charge is 0.492 e. The Bertz CT molecular complexity index is 415. The number of benzene rings is 1. The molecule has 0 N–H and O–H groups in total. The third-order valence-electron chi connectivity index (χ3n) is 3.38. The zero-order chi connectivity index (χ0) is 13.5. The lowest BCUT2D eigenvalue weighted by Crippen LogP contribution is -2.38. The first kappa shape index (κ1) is 14.0. The smallest absolute Gasteiger partial charge is 0.119 e. The molecule has 19 heavy (non-hydrogen) atoms. The van der Waals surface area contributed by atoms with Crippen LogP contribution in [-0.2, 0) is 11.2 Å². The molecule has 0 bridgehead atoms. The van der Waals surface area contributed by atoms with Gasteiger partial charge >= 0.3 is 0 Å². The maximum Gasteiger partial charge on any atom is 0.119 e. The molecular weight excluding hydrogens is 240 g/mol. The van der Waals surface area contributed by atoms with Crippen LogP contribution in [0, 0.1) is 0 Å². The van der Waals surface area contributed by atoms with Crippen molar-refractivity contribution in [2.45, 2.75) is 13.3 Å². The normalized spacial score (nSPS) is 16.3. The Hall–Kier alpha value is -1.39. The van der Waals surface area contributed by atoms with Crippen LogP contribution in [0.1, 0.15) is 12.5 Å². The fourth-order valence-electron chi connectivity index (χ4n) is 2.21. The average Bonchev–Trinajstić information content (AvgIpc) is 2.48. The van der Waals surface area contributed by atoms with Crippen molar-refractivity contribution in [1.29, 1.82) is 0 Å². The second kappa shape index (κ2) is 7.26. The number of hydrogen-bond acceptors (Lipinski definition) is 4. The summed E-state index contributed by atoms with van der Waals surface area (Å²) < 4.78 is 11.1. The zero-order valence-electron chi connectivity index (χ0n) is 11.6. The monoisotopic (exact) mass is 262 g/mol. The Labute approximate surface area is 115 Å². The minimum absolute atomic E-state index is 0.712. The standard InChI is InChI=1S/C15H22N2O2/c1-3-13-12-14(4-5-15(13)16-2)19-11-8-17-6-9-18-10-7-17/h4-5,12H,2-3,6-11H2,1H3. The van der Waals surface area contributed by atoms with Gasteiger partial charge < -0.3 is 9.47 Å². The van der Waals surface area contributed by atoms with Gasteiger partial charge in [0.1, 0.15) is 12.4 Å². The molecule has 1 aliphatic rings. The lowest BCUT2D eigenvalue weighted by molar-refractivity contribution is 0.0322. The van der Waals surface area contributed by atoms with E-state index in [2.05, 4.69) is 29.6 Å². The average molecular weight is 262 g/mol. The van der Waals surface area contributed by atoms with E-state index in [-0.39, 0.29) is 0 Å². The van der Waals surface area contributed by atoms with Crippen LogP contribution < -0.4 is 4.74 Å². The molecule has 1 fully saturated rings. The van der Waals surface area contributed by atoms with Crippen LogP contribution in [0.2, 0.25) is 0 Å². The van der Waals surface area contributed by atoms with Crippen molar-refractivity contribution in [1.82, 2.24) is 4.90 Å². The highest BCUT2D eigenvalue weighted by Gasteiger charge is 2.10. The zero-order valence-corrected chi connectivity index (χ0v) is 11.6. The van der Waals surface area contributed by atoms with Gasteiger partial charge in [0.15, 0.2) is 0 Å². The fourth-order valence-corrected chi connectivity index (χ4v) is 2.21. The van der Waals surface area contributed by atoms with E-state index < -0.39 is 0 Å². The second-order valence-electron chi connectivity index (χ2n) is 4.60. The fraction of sp³-hybridized carbons (Fsp3) is 0.533. The highest BCUT2D eigenvalue weighted by molar-refractivity contribution is 5.54. The molecule has 1 heterocycles. The third kappa shape index (κ3) is 4.04. The van der Waals surface area contributed by atoms with Crippen LogP contribution in [-0.4, -0.2) is 51.1 Å². The first-order chi connectivity index (χ1) is 9.33. The Balaban J connectivity index is 1.83. The van der Waals surface area contributed by atoms with E-state index in [0.29, 0.717) is 6.61 Å². The third-order valence-corrected chi connectivity index (χ3v) is 3.38. The summed E-state index contributed by atoms with van der Waals surface area (Å²) in [6.07, 6.45) is 0.940. The molecule has 1 saturated heterocycles. The second-order valence-corrected chi connectivity index (χ2v) is 4.60. The Morgan fingerprint density at radius 2 is 2.16 bits per heavy atom. The SMILES string of the molecule is C=Nc1ccc(OCCN2CCOCC2)cc1CC. The topological polar surface area (TPSA) is 34.1 Å². The molecule has 4 nitrogen and oxygen atoms in total. The summed E-state index contributed by atoms with van der Waals surface area (Å²) in [5.74, 6) is 0.914. The summed E-state index contributed by atoms with van der Waals surface area (Å²) in [5.41, 5.74) is 2.13. The number of hydrogen-bond donors (Lipinski definition) is 0. The molecule has 0 aliphatic carbocycles. The van der Waals surface area contributed by atoms with Crippen LogP contribution in [0.15, 0.2) is 23.2 Å². The highest BCUT2D eigenvalue weighted by atomic mass is 16.5. The highest BCUT2D eigenvalue weighted by Crippen LogP contribution is 2.24. The van der Waals surface area contributed by atoms with E-state index in [1.165, 1.54) is 5.56 Å². The van der Waals surface area contributed by atoms with Crippen molar-refractivity contribution in [3.05, 3.63) is 23.8 Å². The Kier molecular flexibility index (Phi) is 5.36. The van der Waals surface area contributed by atoms with Crippen molar-refractivity contribution in [3.8, 4) is 5.75 Å². The number of nitrogens with zero attached hydrogens (tertiary/aromatic N) is 2. The molecule has 0 radical (unpaired) electrons. The summed E-state index contributed by atoms with van der Waals surface area (Å²) in [6.45, 7) is 11.0. The van der Waals surface area contributed by atoms with Crippen LogP contribution in [0.25, 0.3) is 0 Å². The first-order valence-electron chi connectivity index (χ1n) is 6.86. The van der Waals surface area contributed by atoms with Gasteiger partial charge in [0.05, 0.1) is 18.9 Å². The summed E-state index contributed by atoms with van der Waals surface area (Å²) in [7, 11) is 0. The first-order valence-corrected chi connectivity index (χ1v) is 6.86. The molecule has 0 saturated carbocycles. The molecule has 1 aliphatic heterocycles. The molecule has 1 aromatic carbocycles. The summed E-state index contributed by atoms with van der Waals surface area (Å²) >= 11 is 0. The van der Waals surface area contributed by atoms with E-state index in [4.69, 9.17) is 9.47 Å². The maximum atomic E-state index is 5.81. The van der Waals surface area contributed by atoms with E-state index in [1.807, 2.05) is 12.1 Å². The predicted molar refractivity (Wildman–Crippen MR) is 77.8 cm³/mol. The molecular formula is C15H22N2O2. The van der Waals surface area contributed by atoms with E-state index in [1.54, 1.807) is 0 Å². The van der Waals surface area contributed by atoms with Crippen molar-refractivity contribution in [3.63, 3.8) is 0 Å². The molecule has 4 heteroatoms. The summed E-state index contributed by atoms with van der Waals surface area (Å²) in [6, 6.07) is 5.99. The van der Waals surface area contributed by atoms with Gasteiger partial charge in [-0.05, 0) is 36.9 Å². The number of morpholine rings is 1. The van der Waals surface area contributed by atoms with Crippen LogP contribution in [0.5, 0.6) is 5.75 Å². The molecule has 0 spiro atoms. The van der Waals surface area contributed by atoms with Crippen molar-refractivity contribution in [2.75, 3.05) is 39.5 Å². The number of rotatable bonds is 6. The Morgan fingerprint density at radius 1 is 1.37 bits per heavy atom. The van der Waals surface area contributed by atoms with E-state index in [9.17, 15) is 0 Å². The molecule has 0 unspecified atom stereocenters. The van der Waals surface area contributed by atoms with Gasteiger partial charge in [0.25, 0.3) is 0 Å². The van der Waals surface area contributed by atoms with E-state index in [0.717, 1.165) is 50.7 Å². The van der Waals surface area contributed by atoms with Gasteiger partial charge in [0, 0.05) is 19.6 Å². The maximum absolute atomic E-state index is 5.81. The minimum Gasteiger partial charge on any atom is -0.492 e. The van der Waals surface area contributed by atoms with Gasteiger partial charge in [-0.1, -0.05) is 6.92 Å². The van der Waals surface area contributed by atoms with Gasteiger partial charge in [0.2, 0.25) is 0 Å². The number of ether oxygens (including phenoxy) is 2. The molecule has 0 amide bonds. The molecule has 1 aromatic rings. The molecule has 104 valence electrons. The number of aryl methyl sites for hydroxylation is 1. The van der Waals surface area contributed by atoms with Gasteiger partial charge in [-0.3, -0.25) is 9.89 Å². The number of aliphatic imine (C=N–C) groups is 1. The van der Waals surface area contributed by atoms with Crippen LogP contribution >= 0.6 is 0 Å². The quantitative estimate of drug-likeness (QED) is 0.738. The van der Waals surface area contributed by atoms with Gasteiger partial charge in [-0.2, -0.15) is 0 Å². The van der Waals surface area contributed by atoms with Crippen LogP contribution in [0.3, 0.4) is 0 Å². The van der Waals surface area contributed by atoms with Crippen molar-refractivity contribution in [2.24, 2.45) is 4.99 Å². The molecule has 2 rings (SSSR count). The van der Waals surface area contributed by atoms with Gasteiger partial charge in [-0.25, -0.2) is 0 Å². The Morgan fingerprint density at radius 3 is 2.84 bits per heavy atom. The minimum atomic E-state index is 0.712. The van der Waals surface area contributed by atoms with E-state index >= 15 is 0 Å². The molecule has 0 atom stereocenters. The van der Waals surface area contributed by atoms with Crippen molar-refractivity contribution < 1.29 is 9.47 Å². The lowest BCUT2D eigenvalue weighted by atomic mass is 10.1. The van der Waals surface area contributed by atoms with Gasteiger partial charge in [-0.15, -0.1) is 0 Å². The predicted octanol–water partition coefficient (Wildman–Crippen LogP) is 2.29.